The van der Waals surface area contributed by atoms with Crippen molar-refractivity contribution in [2.24, 2.45) is 5.92 Å². The maximum absolute atomic E-state index is 11.3. The third-order valence-electron chi connectivity index (χ3n) is 2.09. The molecule has 0 aromatic carbocycles. The summed E-state index contributed by atoms with van der Waals surface area (Å²) in [5.41, 5.74) is -0.479. The molecule has 0 spiro atoms. The number of carbonyl (C=O) groups excluding carboxylic acids is 1. The molecule has 1 atom stereocenters. The van der Waals surface area contributed by atoms with Crippen LogP contribution in [0.15, 0.2) is 0 Å². The van der Waals surface area contributed by atoms with Crippen molar-refractivity contribution in [3.05, 3.63) is 0 Å². The van der Waals surface area contributed by atoms with E-state index in [0.29, 0.717) is 5.92 Å². The molecule has 2 N–H and O–H groups in total. The molecule has 0 aliphatic heterocycles. The Morgan fingerprint density at radius 1 is 1.57 bits per heavy atom. The Kier molecular flexibility index (Phi) is 3.37. The monoisotopic (exact) mass is 201 g/mol. The summed E-state index contributed by atoms with van der Waals surface area (Å²) in [5.74, 6) is 0.438. The number of aliphatic hydroxyl groups excluding tert-OH is 1. The molecule has 1 aliphatic carbocycles. The lowest BCUT2D eigenvalue weighted by Gasteiger charge is -2.22. The van der Waals surface area contributed by atoms with E-state index in [0.717, 1.165) is 12.8 Å². The number of aliphatic hydroxyl groups is 1. The largest absolute Gasteiger partial charge is 0.444 e. The lowest BCUT2D eigenvalue weighted by molar-refractivity contribution is 0.0473. The quantitative estimate of drug-likeness (QED) is 0.723. The van der Waals surface area contributed by atoms with Crippen molar-refractivity contribution in [1.82, 2.24) is 5.32 Å². The molecule has 14 heavy (non-hydrogen) atoms. The molecule has 1 rings (SSSR count). The Hall–Kier alpha value is -0.770. The van der Waals surface area contributed by atoms with Gasteiger partial charge in [-0.3, -0.25) is 0 Å². The van der Waals surface area contributed by atoms with Gasteiger partial charge in [0.25, 0.3) is 0 Å². The fraction of sp³-hybridized carbons (Fsp3) is 0.900. The van der Waals surface area contributed by atoms with E-state index < -0.39 is 11.7 Å². The molecule has 1 unspecified atom stereocenters. The molecule has 1 amide bonds. The second-order valence-electron chi connectivity index (χ2n) is 4.77. The number of hydrogen-bond acceptors (Lipinski definition) is 3. The molecule has 4 heteroatoms. The van der Waals surface area contributed by atoms with Crippen molar-refractivity contribution in [1.29, 1.82) is 0 Å². The van der Waals surface area contributed by atoms with E-state index in [4.69, 9.17) is 9.84 Å². The van der Waals surface area contributed by atoms with Crippen LogP contribution in [0.2, 0.25) is 0 Å². The van der Waals surface area contributed by atoms with Gasteiger partial charge in [0.05, 0.1) is 12.6 Å². The molecular weight excluding hydrogens is 182 g/mol. The average Bonchev–Trinajstić information content (AvgIpc) is 2.78. The lowest BCUT2D eigenvalue weighted by Crippen LogP contribution is -2.42. The Morgan fingerprint density at radius 2 is 2.14 bits per heavy atom. The van der Waals surface area contributed by atoms with Gasteiger partial charge in [0.1, 0.15) is 5.60 Å². The average molecular weight is 201 g/mol. The van der Waals surface area contributed by atoms with Gasteiger partial charge in [0.2, 0.25) is 0 Å². The highest BCUT2D eigenvalue weighted by Gasteiger charge is 2.32. The van der Waals surface area contributed by atoms with Gasteiger partial charge >= 0.3 is 6.09 Å². The van der Waals surface area contributed by atoms with Crippen LogP contribution in [0, 0.1) is 5.92 Å². The number of amides is 1. The van der Waals surface area contributed by atoms with Crippen molar-refractivity contribution >= 4 is 6.09 Å². The first-order valence-corrected chi connectivity index (χ1v) is 5.03. The van der Waals surface area contributed by atoms with Gasteiger partial charge in [-0.25, -0.2) is 4.79 Å². The van der Waals surface area contributed by atoms with Crippen LogP contribution in [0.1, 0.15) is 33.6 Å². The van der Waals surface area contributed by atoms with Gasteiger partial charge in [-0.1, -0.05) is 0 Å². The van der Waals surface area contributed by atoms with Gasteiger partial charge in [-0.05, 0) is 39.5 Å². The van der Waals surface area contributed by atoms with Gasteiger partial charge < -0.3 is 15.2 Å². The first-order chi connectivity index (χ1) is 6.42. The van der Waals surface area contributed by atoms with Crippen molar-refractivity contribution in [2.45, 2.75) is 45.3 Å². The fourth-order valence-electron chi connectivity index (χ4n) is 1.27. The van der Waals surface area contributed by atoms with E-state index in [9.17, 15) is 4.79 Å². The van der Waals surface area contributed by atoms with Crippen LogP contribution in [0.3, 0.4) is 0 Å². The number of carbonyl (C=O) groups is 1. The van der Waals surface area contributed by atoms with E-state index in [1.54, 1.807) is 0 Å². The van der Waals surface area contributed by atoms with Gasteiger partial charge in [0, 0.05) is 0 Å². The molecule has 0 saturated heterocycles. The standard InChI is InChI=1S/C10H19NO3/c1-10(2,3)14-9(13)11-8(6-12)7-4-5-7/h7-8,12H,4-6H2,1-3H3,(H,11,13). The summed E-state index contributed by atoms with van der Waals surface area (Å²) in [7, 11) is 0. The minimum Gasteiger partial charge on any atom is -0.444 e. The highest BCUT2D eigenvalue weighted by molar-refractivity contribution is 5.68. The third-order valence-corrected chi connectivity index (χ3v) is 2.09. The zero-order chi connectivity index (χ0) is 10.8. The first-order valence-electron chi connectivity index (χ1n) is 5.03. The number of ether oxygens (including phenoxy) is 1. The third kappa shape index (κ3) is 3.96. The molecule has 1 saturated carbocycles. The van der Waals surface area contributed by atoms with Crippen LogP contribution in [0.5, 0.6) is 0 Å². The lowest BCUT2D eigenvalue weighted by atomic mass is 10.2. The summed E-state index contributed by atoms with van der Waals surface area (Å²) in [5, 5.41) is 11.7. The van der Waals surface area contributed by atoms with E-state index >= 15 is 0 Å². The number of hydrogen-bond donors (Lipinski definition) is 2. The summed E-state index contributed by atoms with van der Waals surface area (Å²) in [6, 6.07) is -0.134. The second kappa shape index (κ2) is 4.17. The van der Waals surface area contributed by atoms with Crippen LogP contribution in [0.4, 0.5) is 4.79 Å². The summed E-state index contributed by atoms with van der Waals surface area (Å²) >= 11 is 0. The Labute approximate surface area is 84.6 Å². The minimum atomic E-state index is -0.479. The van der Waals surface area contributed by atoms with Gasteiger partial charge in [-0.15, -0.1) is 0 Å². The second-order valence-corrected chi connectivity index (χ2v) is 4.77. The van der Waals surface area contributed by atoms with Crippen LogP contribution in [-0.4, -0.2) is 29.4 Å². The van der Waals surface area contributed by atoms with E-state index in [2.05, 4.69) is 5.32 Å². The minimum absolute atomic E-state index is 0.0100. The van der Waals surface area contributed by atoms with Gasteiger partial charge in [0.15, 0.2) is 0 Å². The molecule has 0 heterocycles. The summed E-state index contributed by atoms with van der Waals surface area (Å²) < 4.78 is 5.09. The van der Waals surface area contributed by atoms with Crippen LogP contribution < -0.4 is 5.32 Å². The molecule has 1 fully saturated rings. The van der Waals surface area contributed by atoms with Crippen molar-refractivity contribution < 1.29 is 14.6 Å². The van der Waals surface area contributed by atoms with Crippen molar-refractivity contribution in [3.8, 4) is 0 Å². The van der Waals surface area contributed by atoms with Gasteiger partial charge in [-0.2, -0.15) is 0 Å². The molecule has 0 radical (unpaired) electrons. The Bertz CT molecular complexity index is 206. The van der Waals surface area contributed by atoms with Crippen LogP contribution in [0.25, 0.3) is 0 Å². The predicted molar refractivity (Wildman–Crippen MR) is 53.0 cm³/mol. The van der Waals surface area contributed by atoms with Crippen molar-refractivity contribution in [2.75, 3.05) is 6.61 Å². The smallest absolute Gasteiger partial charge is 0.407 e. The normalized spacial score (nSPS) is 18.9. The SMILES string of the molecule is CC(C)(C)OC(=O)NC(CO)C1CC1. The summed E-state index contributed by atoms with van der Waals surface area (Å²) in [6.45, 7) is 5.44. The zero-order valence-electron chi connectivity index (χ0n) is 9.04. The molecule has 82 valence electrons. The number of alkyl carbamates (subject to hydrolysis) is 1. The first kappa shape index (κ1) is 11.3. The highest BCUT2D eigenvalue weighted by Crippen LogP contribution is 2.32. The van der Waals surface area contributed by atoms with E-state index in [1.807, 2.05) is 20.8 Å². The van der Waals surface area contributed by atoms with Crippen LogP contribution in [-0.2, 0) is 4.74 Å². The molecular formula is C10H19NO3. The van der Waals surface area contributed by atoms with E-state index in [-0.39, 0.29) is 12.6 Å². The fourth-order valence-corrected chi connectivity index (χ4v) is 1.27. The molecule has 0 bridgehead atoms. The summed E-state index contributed by atoms with van der Waals surface area (Å²) in [4.78, 5) is 11.3. The van der Waals surface area contributed by atoms with Crippen LogP contribution >= 0.6 is 0 Å². The topological polar surface area (TPSA) is 58.6 Å². The highest BCUT2D eigenvalue weighted by atomic mass is 16.6. The molecule has 1 aliphatic rings. The molecule has 0 aromatic rings. The predicted octanol–water partition coefficient (Wildman–Crippen LogP) is 1.28. The Balaban J connectivity index is 2.31. The molecule has 4 nitrogen and oxygen atoms in total. The van der Waals surface area contributed by atoms with E-state index in [1.165, 1.54) is 0 Å². The number of nitrogens with one attached hydrogen (secondary N) is 1. The summed E-state index contributed by atoms with van der Waals surface area (Å²) in [6.07, 6.45) is 1.73. The number of rotatable bonds is 3. The Morgan fingerprint density at radius 3 is 2.50 bits per heavy atom. The molecule has 0 aromatic heterocycles. The van der Waals surface area contributed by atoms with Crippen molar-refractivity contribution in [3.63, 3.8) is 0 Å². The maximum Gasteiger partial charge on any atom is 0.407 e. The maximum atomic E-state index is 11.3. The zero-order valence-corrected chi connectivity index (χ0v) is 9.04.